The zero-order valence-corrected chi connectivity index (χ0v) is 9.10. The summed E-state index contributed by atoms with van der Waals surface area (Å²) >= 11 is 0. The summed E-state index contributed by atoms with van der Waals surface area (Å²) in [5, 5.41) is 10.0. The van der Waals surface area contributed by atoms with Gasteiger partial charge in [0.25, 0.3) is 0 Å². The van der Waals surface area contributed by atoms with E-state index in [0.717, 1.165) is 23.7 Å². The fourth-order valence-electron chi connectivity index (χ4n) is 2.19. The first-order chi connectivity index (χ1) is 7.66. The topological polar surface area (TPSA) is 42.2 Å². The summed E-state index contributed by atoms with van der Waals surface area (Å²) in [6.45, 7) is 2.03. The van der Waals surface area contributed by atoms with Crippen molar-refractivity contribution < 1.29 is 9.90 Å². The molecule has 0 aliphatic heterocycles. The third kappa shape index (κ3) is 1.32. The van der Waals surface area contributed by atoms with Crippen molar-refractivity contribution in [2.75, 3.05) is 0 Å². The predicted octanol–water partition coefficient (Wildman–Crippen LogP) is 2.98. The number of carboxylic acid groups (broad SMARTS) is 1. The molecule has 1 aromatic heterocycles. The molecule has 1 saturated carbocycles. The van der Waals surface area contributed by atoms with Crippen molar-refractivity contribution in [1.29, 1.82) is 0 Å². The van der Waals surface area contributed by atoms with E-state index in [2.05, 4.69) is 10.6 Å². The van der Waals surface area contributed by atoms with Crippen molar-refractivity contribution in [1.82, 2.24) is 4.57 Å². The van der Waals surface area contributed by atoms with Gasteiger partial charge in [-0.05, 0) is 31.4 Å². The largest absolute Gasteiger partial charge is 0.478 e. The van der Waals surface area contributed by atoms with Crippen LogP contribution in [0.2, 0.25) is 0 Å². The number of benzene rings is 1. The molecule has 0 atom stereocenters. The fourth-order valence-corrected chi connectivity index (χ4v) is 2.19. The molecule has 0 saturated heterocycles. The first-order valence-electron chi connectivity index (χ1n) is 5.51. The van der Waals surface area contributed by atoms with Crippen LogP contribution in [0, 0.1) is 6.92 Å². The average molecular weight is 215 g/mol. The van der Waals surface area contributed by atoms with Gasteiger partial charge < -0.3 is 9.67 Å². The van der Waals surface area contributed by atoms with Crippen LogP contribution in [0.15, 0.2) is 24.4 Å². The molecular formula is C13H13NO2. The first-order valence-corrected chi connectivity index (χ1v) is 5.51. The van der Waals surface area contributed by atoms with Crippen molar-refractivity contribution >= 4 is 16.9 Å². The van der Waals surface area contributed by atoms with E-state index in [1.165, 1.54) is 5.56 Å². The molecule has 3 rings (SSSR count). The number of aromatic nitrogens is 1. The average Bonchev–Trinajstić information content (AvgIpc) is 3.00. The molecule has 0 spiro atoms. The second kappa shape index (κ2) is 3.11. The minimum atomic E-state index is -0.840. The van der Waals surface area contributed by atoms with E-state index in [0.29, 0.717) is 11.6 Å². The van der Waals surface area contributed by atoms with E-state index in [4.69, 9.17) is 5.11 Å². The lowest BCUT2D eigenvalue weighted by atomic mass is 10.1. The maximum absolute atomic E-state index is 11.1. The number of carbonyl (C=O) groups is 1. The summed E-state index contributed by atoms with van der Waals surface area (Å²) in [4.78, 5) is 11.1. The summed E-state index contributed by atoms with van der Waals surface area (Å²) in [7, 11) is 0. The molecular weight excluding hydrogens is 202 g/mol. The Morgan fingerprint density at radius 1 is 1.44 bits per heavy atom. The van der Waals surface area contributed by atoms with Gasteiger partial charge in [0.05, 0.1) is 5.56 Å². The second-order valence-corrected chi connectivity index (χ2v) is 4.51. The molecule has 3 nitrogen and oxygen atoms in total. The molecule has 0 radical (unpaired) electrons. The number of aryl methyl sites for hydroxylation is 1. The summed E-state index contributed by atoms with van der Waals surface area (Å²) in [5.41, 5.74) is 2.64. The SMILES string of the molecule is Cc1ccc2c(C(=O)O)cn(C3CC3)c2c1. The van der Waals surface area contributed by atoms with Crippen molar-refractivity contribution in [2.45, 2.75) is 25.8 Å². The smallest absolute Gasteiger partial charge is 0.337 e. The zero-order valence-electron chi connectivity index (χ0n) is 9.10. The quantitative estimate of drug-likeness (QED) is 0.836. The highest BCUT2D eigenvalue weighted by molar-refractivity contribution is 6.03. The molecule has 0 amide bonds. The minimum absolute atomic E-state index is 0.418. The third-order valence-electron chi connectivity index (χ3n) is 3.16. The van der Waals surface area contributed by atoms with Gasteiger partial charge in [-0.2, -0.15) is 0 Å². The molecule has 1 fully saturated rings. The molecule has 82 valence electrons. The van der Waals surface area contributed by atoms with Crippen LogP contribution in [0.1, 0.15) is 34.8 Å². The summed E-state index contributed by atoms with van der Waals surface area (Å²) in [6.07, 6.45) is 4.11. The highest BCUT2D eigenvalue weighted by Crippen LogP contribution is 2.39. The number of hydrogen-bond acceptors (Lipinski definition) is 1. The van der Waals surface area contributed by atoms with E-state index in [1.807, 2.05) is 19.1 Å². The standard InChI is InChI=1S/C13H13NO2/c1-8-2-5-10-11(13(15)16)7-14(9-3-4-9)12(10)6-8/h2,5-7,9H,3-4H2,1H3,(H,15,16). The molecule has 16 heavy (non-hydrogen) atoms. The molecule has 1 heterocycles. The molecule has 1 aromatic carbocycles. The summed E-state index contributed by atoms with van der Waals surface area (Å²) in [6, 6.07) is 6.46. The fraction of sp³-hybridized carbons (Fsp3) is 0.308. The van der Waals surface area contributed by atoms with E-state index >= 15 is 0 Å². The minimum Gasteiger partial charge on any atom is -0.478 e. The molecule has 1 N–H and O–H groups in total. The Labute approximate surface area is 93.3 Å². The van der Waals surface area contributed by atoms with Crippen molar-refractivity contribution in [2.24, 2.45) is 0 Å². The highest BCUT2D eigenvalue weighted by atomic mass is 16.4. The van der Waals surface area contributed by atoms with Crippen LogP contribution in [0.25, 0.3) is 10.9 Å². The van der Waals surface area contributed by atoms with Gasteiger partial charge in [0.15, 0.2) is 0 Å². The first kappa shape index (κ1) is 9.46. The van der Waals surface area contributed by atoms with E-state index in [1.54, 1.807) is 6.20 Å². The number of hydrogen-bond donors (Lipinski definition) is 1. The molecule has 1 aliphatic carbocycles. The number of nitrogens with zero attached hydrogens (tertiary/aromatic N) is 1. The second-order valence-electron chi connectivity index (χ2n) is 4.51. The Morgan fingerprint density at radius 3 is 2.81 bits per heavy atom. The Balaban J connectivity index is 2.32. The number of fused-ring (bicyclic) bond motifs is 1. The van der Waals surface area contributed by atoms with Gasteiger partial charge in [-0.15, -0.1) is 0 Å². The molecule has 2 aromatic rings. The van der Waals surface area contributed by atoms with Crippen LogP contribution in [-0.2, 0) is 0 Å². The lowest BCUT2D eigenvalue weighted by Gasteiger charge is -2.02. The van der Waals surface area contributed by atoms with Crippen LogP contribution >= 0.6 is 0 Å². The summed E-state index contributed by atoms with van der Waals surface area (Å²) in [5.74, 6) is -0.840. The van der Waals surface area contributed by atoms with Crippen LogP contribution in [0.3, 0.4) is 0 Å². The molecule has 3 heteroatoms. The van der Waals surface area contributed by atoms with Crippen molar-refractivity contribution in [3.05, 3.63) is 35.5 Å². The maximum Gasteiger partial charge on any atom is 0.337 e. The van der Waals surface area contributed by atoms with Gasteiger partial charge in [0.1, 0.15) is 0 Å². The van der Waals surface area contributed by atoms with Crippen LogP contribution in [0.5, 0.6) is 0 Å². The van der Waals surface area contributed by atoms with Gasteiger partial charge in [-0.25, -0.2) is 4.79 Å². The van der Waals surface area contributed by atoms with Gasteiger partial charge in [0, 0.05) is 23.1 Å². The molecule has 1 aliphatic rings. The Hall–Kier alpha value is -1.77. The van der Waals surface area contributed by atoms with Crippen LogP contribution in [0.4, 0.5) is 0 Å². The summed E-state index contributed by atoms with van der Waals surface area (Å²) < 4.78 is 2.12. The van der Waals surface area contributed by atoms with Crippen molar-refractivity contribution in [3.63, 3.8) is 0 Å². The number of aromatic carboxylic acids is 1. The van der Waals surface area contributed by atoms with E-state index < -0.39 is 5.97 Å². The van der Waals surface area contributed by atoms with Gasteiger partial charge in [-0.3, -0.25) is 0 Å². The normalized spacial score (nSPS) is 15.6. The maximum atomic E-state index is 11.1. The zero-order chi connectivity index (χ0) is 11.3. The lowest BCUT2D eigenvalue weighted by molar-refractivity contribution is 0.0699. The number of carboxylic acids is 1. The number of rotatable bonds is 2. The van der Waals surface area contributed by atoms with E-state index in [9.17, 15) is 4.79 Å². The molecule has 0 bridgehead atoms. The Kier molecular flexibility index (Phi) is 1.84. The van der Waals surface area contributed by atoms with Crippen molar-refractivity contribution in [3.8, 4) is 0 Å². The predicted molar refractivity (Wildman–Crippen MR) is 61.9 cm³/mol. The Morgan fingerprint density at radius 2 is 2.19 bits per heavy atom. The van der Waals surface area contributed by atoms with Gasteiger partial charge in [-0.1, -0.05) is 12.1 Å². The van der Waals surface area contributed by atoms with E-state index in [-0.39, 0.29) is 0 Å². The van der Waals surface area contributed by atoms with Crippen LogP contribution in [-0.4, -0.2) is 15.6 Å². The Bertz CT molecular complexity index is 579. The molecule has 0 unspecified atom stereocenters. The lowest BCUT2D eigenvalue weighted by Crippen LogP contribution is -1.94. The van der Waals surface area contributed by atoms with Crippen LogP contribution < -0.4 is 0 Å². The third-order valence-corrected chi connectivity index (χ3v) is 3.16. The van der Waals surface area contributed by atoms with Gasteiger partial charge >= 0.3 is 5.97 Å². The highest BCUT2D eigenvalue weighted by Gasteiger charge is 2.26. The van der Waals surface area contributed by atoms with Gasteiger partial charge in [0.2, 0.25) is 0 Å². The monoisotopic (exact) mass is 215 g/mol.